The summed E-state index contributed by atoms with van der Waals surface area (Å²) in [7, 11) is 0. The van der Waals surface area contributed by atoms with Gasteiger partial charge in [-0.25, -0.2) is 0 Å². The Kier molecular flexibility index (Phi) is 18.8. The second-order valence-electron chi connectivity index (χ2n) is 15.0. The van der Waals surface area contributed by atoms with Gasteiger partial charge in [0.2, 0.25) is 41.4 Å². The highest BCUT2D eigenvalue weighted by molar-refractivity contribution is 5.97. The van der Waals surface area contributed by atoms with Gasteiger partial charge in [-0.3, -0.25) is 38.4 Å². The molecule has 2 rings (SSSR count). The van der Waals surface area contributed by atoms with Crippen LogP contribution in [0.15, 0.2) is 42.5 Å². The number of carbonyl (C=O) groups is 8. The van der Waals surface area contributed by atoms with Gasteiger partial charge in [0.15, 0.2) is 0 Å². The van der Waals surface area contributed by atoms with E-state index in [9.17, 15) is 48.6 Å². The summed E-state index contributed by atoms with van der Waals surface area (Å²) >= 11 is 0. The largest absolute Gasteiger partial charge is 0.508 e. The number of amides is 7. The number of hydrogen-bond donors (Lipinski definition) is 10. The zero-order valence-electron chi connectivity index (χ0n) is 34.0. The third-order valence-corrected chi connectivity index (χ3v) is 9.38. The van der Waals surface area contributed by atoms with Crippen molar-refractivity contribution in [2.45, 2.75) is 110 Å². The van der Waals surface area contributed by atoms with Crippen LogP contribution in [0.25, 0.3) is 0 Å². The molecule has 18 heteroatoms. The molecule has 6 atom stereocenters. The number of aryl methyl sites for hydroxylation is 2. The van der Waals surface area contributed by atoms with Crippen molar-refractivity contribution in [1.29, 1.82) is 0 Å². The molecule has 0 radical (unpaired) electrons. The molecule has 0 spiro atoms. The molecule has 0 aliphatic heterocycles. The van der Waals surface area contributed by atoms with Crippen LogP contribution in [0.3, 0.4) is 0 Å². The number of carboxylic acids is 1. The highest BCUT2D eigenvalue weighted by atomic mass is 16.4. The van der Waals surface area contributed by atoms with Crippen LogP contribution in [0.5, 0.6) is 5.75 Å². The van der Waals surface area contributed by atoms with Crippen LogP contribution in [0, 0.1) is 25.7 Å². The quantitative estimate of drug-likeness (QED) is 0.0712. The van der Waals surface area contributed by atoms with E-state index >= 15 is 0 Å². The number of aromatic hydroxyl groups is 1. The van der Waals surface area contributed by atoms with Crippen LogP contribution in [-0.4, -0.2) is 100 Å². The Balaban J connectivity index is 2.34. The second-order valence-corrected chi connectivity index (χ2v) is 15.0. The van der Waals surface area contributed by atoms with E-state index < -0.39 is 108 Å². The van der Waals surface area contributed by atoms with Gasteiger partial charge in [0.05, 0.1) is 12.6 Å². The lowest BCUT2D eigenvalue weighted by atomic mass is 9.95. The molecule has 0 aliphatic carbocycles. The first-order chi connectivity index (χ1) is 27.1. The third-order valence-electron chi connectivity index (χ3n) is 9.38. The SMILES string of the molecule is Cc1cccc(C)c1C[C@H](NC(=O)[C@@H](C)NC(=O)[C@@H](N)Cc1ccc(O)cc1)C(=O)N[C@@H](CCC(=O)O)C(=O)N[C@H](C(=O)N[C@H](C(=O)NCC(N)=O)C(C)C)C(C)C. The summed E-state index contributed by atoms with van der Waals surface area (Å²) in [5, 5.41) is 34.3. The van der Waals surface area contributed by atoms with E-state index in [1.807, 2.05) is 32.0 Å². The molecule has 318 valence electrons. The van der Waals surface area contributed by atoms with Gasteiger partial charge < -0.3 is 53.6 Å². The smallest absolute Gasteiger partial charge is 0.303 e. The van der Waals surface area contributed by atoms with Gasteiger partial charge >= 0.3 is 5.97 Å². The lowest BCUT2D eigenvalue weighted by molar-refractivity contribution is -0.139. The number of aliphatic carboxylic acids is 1. The Morgan fingerprint density at radius 3 is 1.69 bits per heavy atom. The minimum absolute atomic E-state index is 0.0458. The number of nitrogens with one attached hydrogen (secondary N) is 6. The molecule has 0 saturated heterocycles. The van der Waals surface area contributed by atoms with Gasteiger partial charge in [-0.05, 0) is 79.8 Å². The molecule has 0 fully saturated rings. The minimum atomic E-state index is -1.50. The molecule has 0 heterocycles. The van der Waals surface area contributed by atoms with Crippen LogP contribution in [0.4, 0.5) is 0 Å². The van der Waals surface area contributed by atoms with Crippen molar-refractivity contribution in [3.63, 3.8) is 0 Å². The summed E-state index contributed by atoms with van der Waals surface area (Å²) in [5.41, 5.74) is 14.2. The molecular formula is C40H58N8O10. The van der Waals surface area contributed by atoms with Crippen molar-refractivity contribution in [3.8, 4) is 5.75 Å². The standard InChI is InChI=1S/C40H58N8O10/c1-20(2)33(39(57)43-19-31(42)50)48-40(58)34(21(3)4)47-37(55)29(15-16-32(51)52)45-38(56)30(18-27-22(5)9-8-10-23(27)6)46-35(53)24(7)44-36(54)28(41)17-25-11-13-26(49)14-12-25/h8-14,20-21,24,28-30,33-34,49H,15-19,41H2,1-7H3,(H2,42,50)(H,43,57)(H,44,54)(H,45,56)(H,46,53)(H,47,55)(H,48,58)(H,51,52)/t24-,28+,29+,30+,33+,34+/m1/s1. The van der Waals surface area contributed by atoms with Gasteiger partial charge in [0.25, 0.3) is 0 Å². The first-order valence-electron chi connectivity index (χ1n) is 19.0. The summed E-state index contributed by atoms with van der Waals surface area (Å²) in [6, 6.07) is 4.19. The molecule has 0 aliphatic rings. The molecule has 7 amide bonds. The predicted molar refractivity (Wildman–Crippen MR) is 213 cm³/mol. The number of phenols is 1. The van der Waals surface area contributed by atoms with E-state index in [1.54, 1.807) is 39.8 Å². The van der Waals surface area contributed by atoms with Gasteiger partial charge in [0.1, 0.15) is 36.0 Å². The topological polar surface area (TPSA) is 301 Å². The minimum Gasteiger partial charge on any atom is -0.508 e. The van der Waals surface area contributed by atoms with Crippen molar-refractivity contribution in [2.24, 2.45) is 23.3 Å². The highest BCUT2D eigenvalue weighted by Crippen LogP contribution is 2.17. The summed E-state index contributed by atoms with van der Waals surface area (Å²) in [5.74, 6) is -7.57. The summed E-state index contributed by atoms with van der Waals surface area (Å²) in [6.45, 7) is 11.2. The number of carbonyl (C=O) groups excluding carboxylic acids is 7. The molecule has 18 nitrogen and oxygen atoms in total. The Hall–Kier alpha value is -6.04. The molecule has 58 heavy (non-hydrogen) atoms. The maximum atomic E-state index is 14.1. The van der Waals surface area contributed by atoms with Gasteiger partial charge in [-0.2, -0.15) is 0 Å². The lowest BCUT2D eigenvalue weighted by Crippen LogP contribution is -2.61. The number of phenolic OH excluding ortho intramolecular Hbond substituents is 1. The second kappa shape index (κ2) is 22.6. The third kappa shape index (κ3) is 15.5. The first kappa shape index (κ1) is 48.1. The van der Waals surface area contributed by atoms with Crippen molar-refractivity contribution in [2.75, 3.05) is 6.54 Å². The van der Waals surface area contributed by atoms with Crippen molar-refractivity contribution in [3.05, 3.63) is 64.7 Å². The normalized spacial score (nSPS) is 14.2. The first-order valence-corrected chi connectivity index (χ1v) is 19.0. The monoisotopic (exact) mass is 810 g/mol. The van der Waals surface area contributed by atoms with Crippen molar-refractivity contribution in [1.82, 2.24) is 31.9 Å². The fraction of sp³-hybridized carbons (Fsp3) is 0.500. The molecule has 0 unspecified atom stereocenters. The Bertz CT molecular complexity index is 1780. The van der Waals surface area contributed by atoms with E-state index in [2.05, 4.69) is 31.9 Å². The fourth-order valence-corrected chi connectivity index (χ4v) is 5.91. The average molecular weight is 811 g/mol. The van der Waals surface area contributed by atoms with Crippen LogP contribution >= 0.6 is 0 Å². The van der Waals surface area contributed by atoms with E-state index in [-0.39, 0.29) is 25.0 Å². The number of hydrogen-bond acceptors (Lipinski definition) is 10. The Labute approximate surface area is 338 Å². The molecule has 0 aromatic heterocycles. The van der Waals surface area contributed by atoms with E-state index in [1.165, 1.54) is 19.1 Å². The molecule has 12 N–H and O–H groups in total. The van der Waals surface area contributed by atoms with Crippen LogP contribution in [-0.2, 0) is 51.2 Å². The number of carboxylic acid groups (broad SMARTS) is 1. The zero-order chi connectivity index (χ0) is 43.9. The van der Waals surface area contributed by atoms with Gasteiger partial charge in [-0.15, -0.1) is 0 Å². The predicted octanol–water partition coefficient (Wildman–Crippen LogP) is -0.656. The molecule has 0 bridgehead atoms. The van der Waals surface area contributed by atoms with Crippen LogP contribution in [0.2, 0.25) is 0 Å². The maximum absolute atomic E-state index is 14.1. The molecular weight excluding hydrogens is 752 g/mol. The van der Waals surface area contributed by atoms with Gasteiger partial charge in [-0.1, -0.05) is 58.0 Å². The highest BCUT2D eigenvalue weighted by Gasteiger charge is 2.34. The van der Waals surface area contributed by atoms with E-state index in [0.717, 1.165) is 16.7 Å². The maximum Gasteiger partial charge on any atom is 0.303 e. The van der Waals surface area contributed by atoms with E-state index in [0.29, 0.717) is 5.56 Å². The number of primary amides is 1. The zero-order valence-corrected chi connectivity index (χ0v) is 34.0. The summed E-state index contributed by atoms with van der Waals surface area (Å²) in [6.07, 6.45) is -0.871. The van der Waals surface area contributed by atoms with Crippen LogP contribution in [0.1, 0.15) is 69.7 Å². The summed E-state index contributed by atoms with van der Waals surface area (Å²) < 4.78 is 0. The Morgan fingerprint density at radius 2 is 1.16 bits per heavy atom. The molecule has 2 aromatic rings. The fourth-order valence-electron chi connectivity index (χ4n) is 5.91. The van der Waals surface area contributed by atoms with Gasteiger partial charge in [0, 0.05) is 12.8 Å². The van der Waals surface area contributed by atoms with Crippen molar-refractivity contribution < 1.29 is 48.6 Å². The van der Waals surface area contributed by atoms with Crippen LogP contribution < -0.4 is 43.4 Å². The number of rotatable bonds is 22. The van der Waals surface area contributed by atoms with E-state index in [4.69, 9.17) is 11.5 Å². The van der Waals surface area contributed by atoms with Crippen molar-refractivity contribution >= 4 is 47.3 Å². The Morgan fingerprint density at radius 1 is 0.638 bits per heavy atom. The number of benzene rings is 2. The number of nitrogens with two attached hydrogens (primary N) is 2. The molecule has 2 aromatic carbocycles. The molecule has 0 saturated carbocycles. The lowest BCUT2D eigenvalue weighted by Gasteiger charge is -2.29. The summed E-state index contributed by atoms with van der Waals surface area (Å²) in [4.78, 5) is 103. The average Bonchev–Trinajstić information content (AvgIpc) is 3.14.